The zero-order chi connectivity index (χ0) is 29.7. The number of hydrogen-bond acceptors (Lipinski definition) is 4. The van der Waals surface area contributed by atoms with Gasteiger partial charge in [-0.1, -0.05) is 48.5 Å². The normalized spacial score (nSPS) is 12.5. The molecule has 0 heterocycles. The summed E-state index contributed by atoms with van der Waals surface area (Å²) in [6.07, 6.45) is 0.865. The van der Waals surface area contributed by atoms with Crippen LogP contribution < -0.4 is 9.62 Å². The Kier molecular flexibility index (Phi) is 9.62. The predicted octanol–water partition coefficient (Wildman–Crippen LogP) is 4.42. The third kappa shape index (κ3) is 8.32. The second-order valence-corrected chi connectivity index (χ2v) is 12.3. The number of benzene rings is 3. The van der Waals surface area contributed by atoms with Crippen LogP contribution >= 0.6 is 0 Å². The molecule has 1 atom stereocenters. The molecule has 3 rings (SSSR count). The molecule has 40 heavy (non-hydrogen) atoms. The zero-order valence-corrected chi connectivity index (χ0v) is 23.5. The van der Waals surface area contributed by atoms with E-state index in [1.165, 1.54) is 18.2 Å². The summed E-state index contributed by atoms with van der Waals surface area (Å²) in [4.78, 5) is 28.6. The van der Waals surface area contributed by atoms with Crippen LogP contribution in [-0.4, -0.2) is 49.5 Å². The molecule has 0 aromatic heterocycles. The number of carbonyl (C=O) groups is 2. The molecular weight excluding hydrogens is 543 g/mol. The van der Waals surface area contributed by atoms with E-state index in [2.05, 4.69) is 5.32 Å². The monoisotopic (exact) mass is 575 g/mol. The van der Waals surface area contributed by atoms with Crippen molar-refractivity contribution in [2.45, 2.75) is 45.3 Å². The van der Waals surface area contributed by atoms with Crippen molar-refractivity contribution in [1.82, 2.24) is 10.2 Å². The van der Waals surface area contributed by atoms with E-state index in [0.717, 1.165) is 23.3 Å². The second kappa shape index (κ2) is 12.5. The standard InChI is InChI=1S/C29H32F3N3O4S/c1-29(2,3)33-28(37)26(16-20-10-6-5-7-11-20)34(18-21-12-8-9-13-23(21)30)27(36)19-35(40(4,38)39)22-14-15-24(31)25(32)17-22/h5-15,17,26H,16,18-19H2,1-4H3,(H,33,37)/t26-/m1/s1. The summed E-state index contributed by atoms with van der Waals surface area (Å²) in [6, 6.07) is 15.9. The van der Waals surface area contributed by atoms with E-state index in [4.69, 9.17) is 0 Å². The number of amides is 2. The van der Waals surface area contributed by atoms with Gasteiger partial charge in [-0.3, -0.25) is 13.9 Å². The number of hydrogen-bond donors (Lipinski definition) is 1. The molecule has 0 saturated heterocycles. The van der Waals surface area contributed by atoms with Crippen molar-refractivity contribution in [3.05, 3.63) is 101 Å². The number of anilines is 1. The number of sulfonamides is 1. The van der Waals surface area contributed by atoms with Crippen molar-refractivity contribution >= 4 is 27.5 Å². The molecule has 0 saturated carbocycles. The smallest absolute Gasteiger partial charge is 0.244 e. The van der Waals surface area contributed by atoms with Crippen LogP contribution in [0.15, 0.2) is 72.8 Å². The van der Waals surface area contributed by atoms with Crippen LogP contribution in [0.5, 0.6) is 0 Å². The first-order valence-electron chi connectivity index (χ1n) is 12.5. The number of halogens is 3. The Balaban J connectivity index is 2.10. The number of nitrogens with zero attached hydrogens (tertiary/aromatic N) is 2. The van der Waals surface area contributed by atoms with E-state index in [1.807, 2.05) is 0 Å². The molecule has 214 valence electrons. The van der Waals surface area contributed by atoms with Crippen molar-refractivity contribution < 1.29 is 31.2 Å². The lowest BCUT2D eigenvalue weighted by Gasteiger charge is -2.35. The molecule has 0 radical (unpaired) electrons. The fourth-order valence-electron chi connectivity index (χ4n) is 4.07. The van der Waals surface area contributed by atoms with Crippen LogP contribution in [0, 0.1) is 17.5 Å². The number of rotatable bonds is 10. The Bertz CT molecular complexity index is 1460. The lowest BCUT2D eigenvalue weighted by atomic mass is 10.0. The third-order valence-electron chi connectivity index (χ3n) is 5.94. The Morgan fingerprint density at radius 2 is 1.50 bits per heavy atom. The van der Waals surface area contributed by atoms with Crippen molar-refractivity contribution in [3.8, 4) is 0 Å². The minimum Gasteiger partial charge on any atom is -0.350 e. The van der Waals surface area contributed by atoms with Crippen molar-refractivity contribution in [3.63, 3.8) is 0 Å². The molecule has 3 aromatic carbocycles. The van der Waals surface area contributed by atoms with Crippen LogP contribution in [0.25, 0.3) is 0 Å². The molecule has 2 amide bonds. The Hall–Kier alpha value is -3.86. The lowest BCUT2D eigenvalue weighted by molar-refractivity contribution is -0.140. The minimum atomic E-state index is -4.17. The molecule has 3 aromatic rings. The average Bonchev–Trinajstić information content (AvgIpc) is 2.86. The first-order valence-corrected chi connectivity index (χ1v) is 14.3. The fourth-order valence-corrected chi connectivity index (χ4v) is 4.91. The quantitative estimate of drug-likeness (QED) is 0.388. The molecule has 7 nitrogen and oxygen atoms in total. The first-order chi connectivity index (χ1) is 18.7. The van der Waals surface area contributed by atoms with Gasteiger partial charge in [-0.2, -0.15) is 0 Å². The summed E-state index contributed by atoms with van der Waals surface area (Å²) < 4.78 is 68.3. The highest BCUT2D eigenvalue weighted by atomic mass is 32.2. The maximum Gasteiger partial charge on any atom is 0.244 e. The van der Waals surface area contributed by atoms with Gasteiger partial charge in [0.25, 0.3) is 0 Å². The molecule has 0 fully saturated rings. The topological polar surface area (TPSA) is 86.8 Å². The zero-order valence-electron chi connectivity index (χ0n) is 22.7. The summed E-state index contributed by atoms with van der Waals surface area (Å²) in [5.41, 5.74) is -0.137. The summed E-state index contributed by atoms with van der Waals surface area (Å²) in [7, 11) is -4.17. The molecular formula is C29H32F3N3O4S. The predicted molar refractivity (Wildman–Crippen MR) is 147 cm³/mol. The van der Waals surface area contributed by atoms with Crippen LogP contribution in [-0.2, 0) is 32.6 Å². The van der Waals surface area contributed by atoms with Crippen molar-refractivity contribution in [2.24, 2.45) is 0 Å². The van der Waals surface area contributed by atoms with Crippen LogP contribution in [0.2, 0.25) is 0 Å². The van der Waals surface area contributed by atoms with E-state index < -0.39 is 57.4 Å². The van der Waals surface area contributed by atoms with E-state index in [0.29, 0.717) is 15.9 Å². The van der Waals surface area contributed by atoms with Gasteiger partial charge in [-0.15, -0.1) is 0 Å². The van der Waals surface area contributed by atoms with Crippen LogP contribution in [0.1, 0.15) is 31.9 Å². The average molecular weight is 576 g/mol. The molecule has 1 N–H and O–H groups in total. The van der Waals surface area contributed by atoms with Gasteiger partial charge < -0.3 is 10.2 Å². The third-order valence-corrected chi connectivity index (χ3v) is 7.08. The van der Waals surface area contributed by atoms with Gasteiger partial charge in [0.2, 0.25) is 21.8 Å². The summed E-state index contributed by atoms with van der Waals surface area (Å²) in [5, 5.41) is 2.85. The van der Waals surface area contributed by atoms with Gasteiger partial charge in [0.15, 0.2) is 11.6 Å². The van der Waals surface area contributed by atoms with Gasteiger partial charge in [-0.05, 0) is 44.5 Å². The highest BCUT2D eigenvalue weighted by Gasteiger charge is 2.34. The van der Waals surface area contributed by atoms with Crippen molar-refractivity contribution in [1.29, 1.82) is 0 Å². The van der Waals surface area contributed by atoms with Crippen LogP contribution in [0.3, 0.4) is 0 Å². The van der Waals surface area contributed by atoms with Gasteiger partial charge in [0.1, 0.15) is 18.4 Å². The first kappa shape index (κ1) is 30.7. The van der Waals surface area contributed by atoms with Gasteiger partial charge >= 0.3 is 0 Å². The Morgan fingerprint density at radius 3 is 2.08 bits per heavy atom. The number of nitrogens with one attached hydrogen (secondary N) is 1. The second-order valence-electron chi connectivity index (χ2n) is 10.4. The van der Waals surface area contributed by atoms with Gasteiger partial charge in [0.05, 0.1) is 11.9 Å². The fraction of sp³-hybridized carbons (Fsp3) is 0.310. The maximum atomic E-state index is 14.8. The van der Waals surface area contributed by atoms with Crippen molar-refractivity contribution in [2.75, 3.05) is 17.1 Å². The largest absolute Gasteiger partial charge is 0.350 e. The maximum absolute atomic E-state index is 14.8. The highest BCUT2D eigenvalue weighted by Crippen LogP contribution is 2.23. The molecule has 0 aliphatic heterocycles. The molecule has 11 heteroatoms. The minimum absolute atomic E-state index is 0.0486. The Labute approximate surface area is 232 Å². The highest BCUT2D eigenvalue weighted by molar-refractivity contribution is 7.92. The van der Waals surface area contributed by atoms with Gasteiger partial charge in [-0.25, -0.2) is 21.6 Å². The number of carbonyl (C=O) groups excluding carboxylic acids is 2. The summed E-state index contributed by atoms with van der Waals surface area (Å²) in [6.45, 7) is 4.11. The van der Waals surface area contributed by atoms with E-state index in [-0.39, 0.29) is 24.2 Å². The molecule has 0 unspecified atom stereocenters. The summed E-state index contributed by atoms with van der Waals surface area (Å²) in [5.74, 6) is -4.47. The molecule has 0 spiro atoms. The van der Waals surface area contributed by atoms with E-state index >= 15 is 0 Å². The molecule has 0 aliphatic carbocycles. The molecule has 0 bridgehead atoms. The van der Waals surface area contributed by atoms with E-state index in [9.17, 15) is 31.2 Å². The lowest BCUT2D eigenvalue weighted by Crippen LogP contribution is -2.56. The van der Waals surface area contributed by atoms with E-state index in [1.54, 1.807) is 57.2 Å². The van der Waals surface area contributed by atoms with Crippen LogP contribution in [0.4, 0.5) is 18.9 Å². The van der Waals surface area contributed by atoms with Gasteiger partial charge in [0, 0.05) is 30.1 Å². The summed E-state index contributed by atoms with van der Waals surface area (Å²) >= 11 is 0. The Morgan fingerprint density at radius 1 is 0.875 bits per heavy atom. The molecule has 0 aliphatic rings. The SMILES string of the molecule is CC(C)(C)NC(=O)[C@@H](Cc1ccccc1)N(Cc1ccccc1F)C(=O)CN(c1ccc(F)c(F)c1)S(C)(=O)=O.